The van der Waals surface area contributed by atoms with Gasteiger partial charge in [0.15, 0.2) is 0 Å². The predicted molar refractivity (Wildman–Crippen MR) is 56.1 cm³/mol. The maximum Gasteiger partial charge on any atom is 0.240 e. The molecule has 2 rings (SSSR count). The minimum Gasteiger partial charge on any atom is -0.398 e. The summed E-state index contributed by atoms with van der Waals surface area (Å²) in [6.45, 7) is 0. The summed E-state index contributed by atoms with van der Waals surface area (Å²) in [5.41, 5.74) is 7.07. The van der Waals surface area contributed by atoms with Gasteiger partial charge in [0, 0.05) is 16.5 Å². The number of isocyanates is 1. The first-order chi connectivity index (χ1) is 6.83. The van der Waals surface area contributed by atoms with Crippen molar-refractivity contribution in [3.63, 3.8) is 0 Å². The molecule has 0 aliphatic carbocycles. The van der Waals surface area contributed by atoms with Crippen molar-refractivity contribution < 1.29 is 4.79 Å². The molecule has 0 fully saturated rings. The SMILES string of the molecule is Nc1cccc2c(N=C=O)cccc12. The zero-order valence-corrected chi connectivity index (χ0v) is 7.40. The fourth-order valence-corrected chi connectivity index (χ4v) is 1.46. The zero-order chi connectivity index (χ0) is 9.97. The molecule has 0 amide bonds. The quantitative estimate of drug-likeness (QED) is 0.420. The number of anilines is 1. The van der Waals surface area contributed by atoms with Gasteiger partial charge in [-0.2, -0.15) is 4.99 Å². The molecule has 0 unspecified atom stereocenters. The first-order valence-electron chi connectivity index (χ1n) is 4.18. The average Bonchev–Trinajstić information content (AvgIpc) is 2.20. The molecule has 0 heterocycles. The summed E-state index contributed by atoms with van der Waals surface area (Å²) in [5.74, 6) is 0. The van der Waals surface area contributed by atoms with E-state index >= 15 is 0 Å². The fourth-order valence-electron chi connectivity index (χ4n) is 1.46. The number of aliphatic imine (C=N–C) groups is 1. The van der Waals surface area contributed by atoms with Crippen LogP contribution in [-0.4, -0.2) is 6.08 Å². The third-order valence-corrected chi connectivity index (χ3v) is 2.10. The highest BCUT2D eigenvalue weighted by Crippen LogP contribution is 2.28. The summed E-state index contributed by atoms with van der Waals surface area (Å²) >= 11 is 0. The Kier molecular flexibility index (Phi) is 2.01. The van der Waals surface area contributed by atoms with Crippen LogP contribution in [0.15, 0.2) is 41.4 Å². The van der Waals surface area contributed by atoms with E-state index in [1.165, 1.54) is 6.08 Å². The van der Waals surface area contributed by atoms with Crippen LogP contribution in [0.5, 0.6) is 0 Å². The van der Waals surface area contributed by atoms with E-state index in [0.717, 1.165) is 10.8 Å². The van der Waals surface area contributed by atoms with Gasteiger partial charge in [-0.1, -0.05) is 24.3 Å². The predicted octanol–water partition coefficient (Wildman–Crippen LogP) is 2.39. The molecular formula is C11H8N2O. The van der Waals surface area contributed by atoms with Crippen molar-refractivity contribution in [2.24, 2.45) is 4.99 Å². The van der Waals surface area contributed by atoms with E-state index in [-0.39, 0.29) is 0 Å². The Morgan fingerprint density at radius 1 is 1.07 bits per heavy atom. The number of nitrogen functional groups attached to an aromatic ring is 1. The van der Waals surface area contributed by atoms with E-state index in [1.54, 1.807) is 6.07 Å². The topological polar surface area (TPSA) is 55.4 Å². The van der Waals surface area contributed by atoms with Gasteiger partial charge in [0.1, 0.15) is 0 Å². The third kappa shape index (κ3) is 1.26. The molecule has 3 heteroatoms. The molecule has 2 aromatic carbocycles. The lowest BCUT2D eigenvalue weighted by molar-refractivity contribution is 0.565. The van der Waals surface area contributed by atoms with Crippen LogP contribution >= 0.6 is 0 Å². The number of rotatable bonds is 1. The van der Waals surface area contributed by atoms with Crippen molar-refractivity contribution in [1.29, 1.82) is 0 Å². The minimum atomic E-state index is 0.602. The number of benzene rings is 2. The average molecular weight is 184 g/mol. The van der Waals surface area contributed by atoms with Crippen LogP contribution in [0.3, 0.4) is 0 Å². The highest BCUT2D eigenvalue weighted by atomic mass is 16.1. The highest BCUT2D eigenvalue weighted by Gasteiger charge is 2.00. The van der Waals surface area contributed by atoms with Gasteiger partial charge in [-0.25, -0.2) is 4.79 Å². The van der Waals surface area contributed by atoms with Crippen molar-refractivity contribution >= 4 is 28.2 Å². The Balaban J connectivity index is 2.87. The van der Waals surface area contributed by atoms with Gasteiger partial charge in [0.2, 0.25) is 6.08 Å². The fraction of sp³-hybridized carbons (Fsp3) is 0. The molecule has 0 radical (unpaired) electrons. The van der Waals surface area contributed by atoms with Gasteiger partial charge in [0.05, 0.1) is 5.69 Å². The van der Waals surface area contributed by atoms with E-state index in [4.69, 9.17) is 5.73 Å². The lowest BCUT2D eigenvalue weighted by atomic mass is 10.1. The standard InChI is InChI=1S/C11H8N2O/c12-10-5-1-4-9-8(10)3-2-6-11(9)13-7-14/h1-6H,12H2. The number of fused-ring (bicyclic) bond motifs is 1. The Morgan fingerprint density at radius 2 is 1.79 bits per heavy atom. The Morgan fingerprint density at radius 3 is 2.57 bits per heavy atom. The molecule has 0 bridgehead atoms. The molecule has 3 nitrogen and oxygen atoms in total. The van der Waals surface area contributed by atoms with Crippen molar-refractivity contribution in [2.75, 3.05) is 5.73 Å². The number of hydrogen-bond donors (Lipinski definition) is 1. The van der Waals surface area contributed by atoms with E-state index < -0.39 is 0 Å². The molecule has 2 N–H and O–H groups in total. The van der Waals surface area contributed by atoms with Crippen LogP contribution in [0.1, 0.15) is 0 Å². The normalized spacial score (nSPS) is 9.71. The summed E-state index contributed by atoms with van der Waals surface area (Å²) in [4.78, 5) is 13.8. The minimum absolute atomic E-state index is 0.602. The van der Waals surface area contributed by atoms with Gasteiger partial charge in [-0.15, -0.1) is 0 Å². The van der Waals surface area contributed by atoms with Crippen molar-refractivity contribution in [3.8, 4) is 0 Å². The van der Waals surface area contributed by atoms with Crippen LogP contribution < -0.4 is 5.73 Å². The first-order valence-corrected chi connectivity index (χ1v) is 4.18. The molecule has 0 saturated heterocycles. The third-order valence-electron chi connectivity index (χ3n) is 2.10. The summed E-state index contributed by atoms with van der Waals surface area (Å²) in [6.07, 6.45) is 1.53. The molecule has 2 aromatic rings. The zero-order valence-electron chi connectivity index (χ0n) is 7.40. The summed E-state index contributed by atoms with van der Waals surface area (Å²) in [6, 6.07) is 11.0. The monoisotopic (exact) mass is 184 g/mol. The smallest absolute Gasteiger partial charge is 0.240 e. The second kappa shape index (κ2) is 3.32. The van der Waals surface area contributed by atoms with Crippen LogP contribution in [0.25, 0.3) is 10.8 Å². The molecule has 0 aromatic heterocycles. The molecule has 0 aliphatic rings. The lowest BCUT2D eigenvalue weighted by Gasteiger charge is -2.02. The maximum atomic E-state index is 10.2. The number of nitrogens with zero attached hydrogens (tertiary/aromatic N) is 1. The Labute approximate surface area is 80.9 Å². The Bertz CT molecular complexity index is 528. The largest absolute Gasteiger partial charge is 0.398 e. The second-order valence-electron chi connectivity index (χ2n) is 2.92. The Hall–Kier alpha value is -2.12. The molecule has 0 spiro atoms. The van der Waals surface area contributed by atoms with Crippen LogP contribution in [0.2, 0.25) is 0 Å². The first kappa shape index (κ1) is 8.48. The summed E-state index contributed by atoms with van der Waals surface area (Å²) in [7, 11) is 0. The van der Waals surface area contributed by atoms with Crippen LogP contribution in [-0.2, 0) is 4.79 Å². The highest BCUT2D eigenvalue weighted by molar-refractivity contribution is 6.00. The molecule has 0 aliphatic heterocycles. The van der Waals surface area contributed by atoms with Crippen molar-refractivity contribution in [2.45, 2.75) is 0 Å². The van der Waals surface area contributed by atoms with Crippen molar-refractivity contribution in [1.82, 2.24) is 0 Å². The van der Waals surface area contributed by atoms with Gasteiger partial charge < -0.3 is 5.73 Å². The second-order valence-corrected chi connectivity index (χ2v) is 2.92. The molecule has 0 atom stereocenters. The van der Waals surface area contributed by atoms with Crippen molar-refractivity contribution in [3.05, 3.63) is 36.4 Å². The molecule has 14 heavy (non-hydrogen) atoms. The number of carbonyl (C=O) groups excluding carboxylic acids is 1. The number of hydrogen-bond acceptors (Lipinski definition) is 3. The van der Waals surface area contributed by atoms with E-state index in [9.17, 15) is 4.79 Å². The van der Waals surface area contributed by atoms with Crippen LogP contribution in [0, 0.1) is 0 Å². The van der Waals surface area contributed by atoms with Crippen LogP contribution in [0.4, 0.5) is 11.4 Å². The molecule has 68 valence electrons. The molecule has 0 saturated carbocycles. The molecular weight excluding hydrogens is 176 g/mol. The number of nitrogens with two attached hydrogens (primary N) is 1. The summed E-state index contributed by atoms with van der Waals surface area (Å²) in [5, 5.41) is 1.78. The van der Waals surface area contributed by atoms with Gasteiger partial charge in [-0.3, -0.25) is 0 Å². The van der Waals surface area contributed by atoms with Gasteiger partial charge in [-0.05, 0) is 12.1 Å². The van der Waals surface area contributed by atoms with Gasteiger partial charge >= 0.3 is 0 Å². The lowest BCUT2D eigenvalue weighted by Crippen LogP contribution is -1.85. The van der Waals surface area contributed by atoms with Gasteiger partial charge in [0.25, 0.3) is 0 Å². The summed E-state index contributed by atoms with van der Waals surface area (Å²) < 4.78 is 0. The van der Waals surface area contributed by atoms with E-state index in [1.807, 2.05) is 30.3 Å². The van der Waals surface area contributed by atoms with E-state index in [2.05, 4.69) is 4.99 Å². The maximum absolute atomic E-state index is 10.2. The van der Waals surface area contributed by atoms with E-state index in [0.29, 0.717) is 11.4 Å².